The molecule has 0 aromatic heterocycles. The maximum atomic E-state index is 11.9. The van der Waals surface area contributed by atoms with Crippen LogP contribution in [-0.4, -0.2) is 33.2 Å². The largest absolute Gasteiger partial charge is 0.489 e. The second-order valence-corrected chi connectivity index (χ2v) is 5.80. The van der Waals surface area contributed by atoms with Crippen molar-refractivity contribution in [3.05, 3.63) is 23.8 Å². The molecule has 1 aromatic carbocycles. The lowest BCUT2D eigenvalue weighted by Crippen LogP contribution is -2.32. The molecule has 18 heavy (non-hydrogen) atoms. The number of para-hydroxylation sites is 1. The summed E-state index contributed by atoms with van der Waals surface area (Å²) in [5.74, 6) is -0.419. The van der Waals surface area contributed by atoms with E-state index in [0.29, 0.717) is 24.6 Å². The van der Waals surface area contributed by atoms with Crippen LogP contribution in [-0.2, 0) is 10.0 Å². The Morgan fingerprint density at radius 3 is 3.00 bits per heavy atom. The normalized spacial score (nSPS) is 14.1. The first-order chi connectivity index (χ1) is 8.53. The summed E-state index contributed by atoms with van der Waals surface area (Å²) >= 11 is 0. The minimum atomic E-state index is -3.57. The number of fused-ring (bicyclic) bond motifs is 1. The highest BCUT2D eigenvalue weighted by molar-refractivity contribution is 7.90. The fourth-order valence-corrected chi connectivity index (χ4v) is 2.15. The van der Waals surface area contributed by atoms with Crippen LogP contribution in [0.25, 0.3) is 0 Å². The Balaban J connectivity index is 2.31. The molecule has 0 aliphatic carbocycles. The van der Waals surface area contributed by atoms with E-state index in [9.17, 15) is 13.2 Å². The lowest BCUT2D eigenvalue weighted by Gasteiger charge is -2.21. The van der Waals surface area contributed by atoms with Gasteiger partial charge in [-0.1, -0.05) is 6.07 Å². The van der Waals surface area contributed by atoms with E-state index in [4.69, 9.17) is 4.74 Å². The standard InChI is InChI=1S/C11H14N2O4S/c1-2-18(15,16)13-11(14)8-4-3-5-9-10(8)17-7-6-12-9/h3-5,12H,2,6-7H2,1H3,(H,13,14). The van der Waals surface area contributed by atoms with Gasteiger partial charge in [0.25, 0.3) is 5.91 Å². The molecule has 0 saturated carbocycles. The van der Waals surface area contributed by atoms with Gasteiger partial charge in [0.05, 0.1) is 17.0 Å². The topological polar surface area (TPSA) is 84.5 Å². The molecule has 1 aromatic rings. The molecule has 0 saturated heterocycles. The number of hydrogen-bond acceptors (Lipinski definition) is 5. The average Bonchev–Trinajstić information content (AvgIpc) is 2.37. The molecule has 0 unspecified atom stereocenters. The SMILES string of the molecule is CCS(=O)(=O)NC(=O)c1cccc2c1OCCN2. The van der Waals surface area contributed by atoms with Gasteiger partial charge in [-0.2, -0.15) is 0 Å². The lowest BCUT2D eigenvalue weighted by molar-refractivity contribution is 0.0977. The zero-order chi connectivity index (χ0) is 13.2. The Morgan fingerprint density at radius 1 is 1.50 bits per heavy atom. The van der Waals surface area contributed by atoms with Crippen molar-refractivity contribution < 1.29 is 17.9 Å². The van der Waals surface area contributed by atoms with Crippen LogP contribution < -0.4 is 14.8 Å². The van der Waals surface area contributed by atoms with Crippen LogP contribution in [0, 0.1) is 0 Å². The molecule has 98 valence electrons. The minimum absolute atomic E-state index is 0.146. The Labute approximate surface area is 105 Å². The maximum Gasteiger partial charge on any atom is 0.268 e. The van der Waals surface area contributed by atoms with Gasteiger partial charge in [-0.05, 0) is 19.1 Å². The Hall–Kier alpha value is -1.76. The van der Waals surface area contributed by atoms with Crippen LogP contribution in [0.15, 0.2) is 18.2 Å². The van der Waals surface area contributed by atoms with E-state index < -0.39 is 15.9 Å². The highest BCUT2D eigenvalue weighted by Gasteiger charge is 2.21. The molecule has 1 aliphatic heterocycles. The number of benzene rings is 1. The molecule has 1 amide bonds. The van der Waals surface area contributed by atoms with Gasteiger partial charge in [-0.3, -0.25) is 4.79 Å². The first-order valence-corrected chi connectivity index (χ1v) is 7.23. The summed E-state index contributed by atoms with van der Waals surface area (Å²) in [5, 5.41) is 3.08. The van der Waals surface area contributed by atoms with Crippen molar-refractivity contribution in [3.63, 3.8) is 0 Å². The average molecular weight is 270 g/mol. The van der Waals surface area contributed by atoms with Crippen molar-refractivity contribution in [1.82, 2.24) is 4.72 Å². The number of hydrogen-bond donors (Lipinski definition) is 2. The number of sulfonamides is 1. The number of nitrogens with one attached hydrogen (secondary N) is 2. The predicted molar refractivity (Wildman–Crippen MR) is 67.4 cm³/mol. The second-order valence-electron chi connectivity index (χ2n) is 3.79. The monoisotopic (exact) mass is 270 g/mol. The summed E-state index contributed by atoms with van der Waals surface area (Å²) in [7, 11) is -3.57. The number of amides is 1. The third kappa shape index (κ3) is 2.56. The van der Waals surface area contributed by atoms with E-state index in [0.717, 1.165) is 0 Å². The van der Waals surface area contributed by atoms with Gasteiger partial charge in [0.15, 0.2) is 5.75 Å². The quantitative estimate of drug-likeness (QED) is 0.839. The first-order valence-electron chi connectivity index (χ1n) is 5.58. The molecular weight excluding hydrogens is 256 g/mol. The zero-order valence-electron chi connectivity index (χ0n) is 9.89. The van der Waals surface area contributed by atoms with Crippen LogP contribution in [0.5, 0.6) is 5.75 Å². The van der Waals surface area contributed by atoms with Gasteiger partial charge in [-0.15, -0.1) is 0 Å². The highest BCUT2D eigenvalue weighted by atomic mass is 32.2. The molecule has 1 aliphatic rings. The molecule has 2 N–H and O–H groups in total. The summed E-state index contributed by atoms with van der Waals surface area (Å²) in [6, 6.07) is 4.99. The van der Waals surface area contributed by atoms with Gasteiger partial charge >= 0.3 is 0 Å². The van der Waals surface area contributed by atoms with Crippen molar-refractivity contribution in [2.45, 2.75) is 6.92 Å². The van der Waals surface area contributed by atoms with E-state index in [1.165, 1.54) is 13.0 Å². The van der Waals surface area contributed by atoms with Gasteiger partial charge in [0.2, 0.25) is 10.0 Å². The van der Waals surface area contributed by atoms with Crippen molar-refractivity contribution >= 4 is 21.6 Å². The molecule has 6 nitrogen and oxygen atoms in total. The molecule has 0 fully saturated rings. The van der Waals surface area contributed by atoms with Crippen LogP contribution >= 0.6 is 0 Å². The van der Waals surface area contributed by atoms with E-state index in [1.807, 2.05) is 4.72 Å². The Kier molecular flexibility index (Phi) is 3.42. The summed E-state index contributed by atoms with van der Waals surface area (Å²) < 4.78 is 30.1. The fraction of sp³-hybridized carbons (Fsp3) is 0.364. The molecule has 2 rings (SSSR count). The fourth-order valence-electron chi connectivity index (χ4n) is 1.62. The van der Waals surface area contributed by atoms with Crippen molar-refractivity contribution in [1.29, 1.82) is 0 Å². The van der Waals surface area contributed by atoms with Crippen LogP contribution in [0.2, 0.25) is 0 Å². The van der Waals surface area contributed by atoms with E-state index >= 15 is 0 Å². The summed E-state index contributed by atoms with van der Waals surface area (Å²) in [6.45, 7) is 2.57. The molecule has 0 radical (unpaired) electrons. The molecule has 0 spiro atoms. The second kappa shape index (κ2) is 4.85. The van der Waals surface area contributed by atoms with Crippen LogP contribution in [0.3, 0.4) is 0 Å². The number of ether oxygens (including phenoxy) is 1. The maximum absolute atomic E-state index is 11.9. The van der Waals surface area contributed by atoms with Crippen molar-refractivity contribution in [2.24, 2.45) is 0 Å². The van der Waals surface area contributed by atoms with Crippen molar-refractivity contribution in [2.75, 3.05) is 24.2 Å². The Bertz CT molecular complexity index is 568. The van der Waals surface area contributed by atoms with Gasteiger partial charge < -0.3 is 10.1 Å². The van der Waals surface area contributed by atoms with Crippen LogP contribution in [0.4, 0.5) is 5.69 Å². The first kappa shape index (κ1) is 12.7. The summed E-state index contributed by atoms with van der Waals surface area (Å²) in [5.41, 5.74) is 0.916. The predicted octanol–water partition coefficient (Wildman–Crippen LogP) is 0.570. The smallest absolute Gasteiger partial charge is 0.268 e. The summed E-state index contributed by atoms with van der Waals surface area (Å²) in [4.78, 5) is 11.9. The van der Waals surface area contributed by atoms with Gasteiger partial charge in [0.1, 0.15) is 6.61 Å². The molecule has 1 heterocycles. The molecular formula is C11H14N2O4S. The van der Waals surface area contributed by atoms with Crippen LogP contribution in [0.1, 0.15) is 17.3 Å². The van der Waals surface area contributed by atoms with E-state index in [2.05, 4.69) is 5.32 Å². The Morgan fingerprint density at radius 2 is 2.28 bits per heavy atom. The lowest BCUT2D eigenvalue weighted by atomic mass is 10.1. The summed E-state index contributed by atoms with van der Waals surface area (Å²) in [6.07, 6.45) is 0. The molecule has 7 heteroatoms. The third-order valence-corrected chi connectivity index (χ3v) is 3.81. The number of rotatable bonds is 3. The highest BCUT2D eigenvalue weighted by Crippen LogP contribution is 2.31. The van der Waals surface area contributed by atoms with E-state index in [1.54, 1.807) is 12.1 Å². The zero-order valence-corrected chi connectivity index (χ0v) is 10.7. The number of carbonyl (C=O) groups excluding carboxylic acids is 1. The number of anilines is 1. The molecule has 0 atom stereocenters. The van der Waals surface area contributed by atoms with Gasteiger partial charge in [-0.25, -0.2) is 13.1 Å². The third-order valence-electron chi connectivity index (χ3n) is 2.55. The van der Waals surface area contributed by atoms with Crippen molar-refractivity contribution in [3.8, 4) is 5.75 Å². The van der Waals surface area contributed by atoms with E-state index in [-0.39, 0.29) is 11.3 Å². The molecule has 0 bridgehead atoms. The van der Waals surface area contributed by atoms with Gasteiger partial charge in [0, 0.05) is 6.54 Å². The minimum Gasteiger partial charge on any atom is -0.489 e. The number of carbonyl (C=O) groups is 1.